The number of ether oxygens (including phenoxy) is 1. The van der Waals surface area contributed by atoms with E-state index >= 15 is 0 Å². The molecule has 2 rings (SSSR count). The number of hydrogen-bond donors (Lipinski definition) is 1. The molecular weight excluding hydrogens is 206 g/mol. The summed E-state index contributed by atoms with van der Waals surface area (Å²) in [7, 11) is 0. The van der Waals surface area contributed by atoms with E-state index in [1.165, 1.54) is 0 Å². The van der Waals surface area contributed by atoms with E-state index in [-0.39, 0.29) is 11.5 Å². The van der Waals surface area contributed by atoms with E-state index in [0.717, 1.165) is 39.0 Å². The van der Waals surface area contributed by atoms with Crippen molar-refractivity contribution in [2.45, 2.75) is 44.8 Å². The van der Waals surface area contributed by atoms with Crippen LogP contribution in [0.2, 0.25) is 0 Å². The maximum Gasteiger partial charge on any atom is 0.307 e. The SMILES string of the molecule is CC1(C)CC(N2CCC(C(=O)O)C2)CCO1. The summed E-state index contributed by atoms with van der Waals surface area (Å²) >= 11 is 0. The number of nitrogens with zero attached hydrogens (tertiary/aromatic N) is 1. The lowest BCUT2D eigenvalue weighted by molar-refractivity contribution is -0.141. The molecule has 92 valence electrons. The second-order valence-electron chi connectivity index (χ2n) is 5.57. The van der Waals surface area contributed by atoms with E-state index in [4.69, 9.17) is 9.84 Å². The Balaban J connectivity index is 1.91. The Kier molecular flexibility index (Phi) is 3.22. The Morgan fingerprint density at radius 3 is 2.75 bits per heavy atom. The maximum atomic E-state index is 10.9. The molecule has 0 spiro atoms. The van der Waals surface area contributed by atoms with Crippen LogP contribution in [0.25, 0.3) is 0 Å². The first-order valence-corrected chi connectivity index (χ1v) is 6.09. The standard InChI is InChI=1S/C12H21NO3/c1-12(2)7-10(4-6-16-12)13-5-3-9(8-13)11(14)15/h9-10H,3-8H2,1-2H3,(H,14,15). The molecule has 2 saturated heterocycles. The second-order valence-corrected chi connectivity index (χ2v) is 5.57. The fourth-order valence-electron chi connectivity index (χ4n) is 2.83. The van der Waals surface area contributed by atoms with Crippen LogP contribution >= 0.6 is 0 Å². The number of aliphatic carboxylic acids is 1. The normalized spacial score (nSPS) is 35.1. The summed E-state index contributed by atoms with van der Waals surface area (Å²) in [6.45, 7) is 6.67. The van der Waals surface area contributed by atoms with Crippen molar-refractivity contribution in [2.24, 2.45) is 5.92 Å². The Bertz CT molecular complexity index is 277. The van der Waals surface area contributed by atoms with Gasteiger partial charge in [0.15, 0.2) is 0 Å². The highest BCUT2D eigenvalue weighted by Gasteiger charge is 2.37. The summed E-state index contributed by atoms with van der Waals surface area (Å²) in [5, 5.41) is 8.98. The van der Waals surface area contributed by atoms with Crippen LogP contribution in [0.5, 0.6) is 0 Å². The lowest BCUT2D eigenvalue weighted by Crippen LogP contribution is -2.45. The molecule has 0 bridgehead atoms. The lowest BCUT2D eigenvalue weighted by Gasteiger charge is -2.39. The second kappa shape index (κ2) is 4.34. The van der Waals surface area contributed by atoms with Gasteiger partial charge in [0.25, 0.3) is 0 Å². The van der Waals surface area contributed by atoms with Crippen molar-refractivity contribution < 1.29 is 14.6 Å². The molecule has 1 N–H and O–H groups in total. The van der Waals surface area contributed by atoms with Crippen molar-refractivity contribution in [3.05, 3.63) is 0 Å². The van der Waals surface area contributed by atoms with E-state index < -0.39 is 5.97 Å². The number of carboxylic acid groups (broad SMARTS) is 1. The van der Waals surface area contributed by atoms with Gasteiger partial charge in [-0.25, -0.2) is 0 Å². The average molecular weight is 227 g/mol. The van der Waals surface area contributed by atoms with Crippen molar-refractivity contribution in [3.8, 4) is 0 Å². The van der Waals surface area contributed by atoms with E-state index in [1.54, 1.807) is 0 Å². The van der Waals surface area contributed by atoms with Crippen LogP contribution in [-0.2, 0) is 9.53 Å². The lowest BCUT2D eigenvalue weighted by atomic mass is 9.93. The first kappa shape index (κ1) is 11.9. The Morgan fingerprint density at radius 2 is 2.19 bits per heavy atom. The predicted octanol–water partition coefficient (Wildman–Crippen LogP) is 1.35. The quantitative estimate of drug-likeness (QED) is 0.773. The summed E-state index contributed by atoms with van der Waals surface area (Å²) in [5.74, 6) is -0.806. The van der Waals surface area contributed by atoms with E-state index in [9.17, 15) is 4.79 Å². The zero-order valence-corrected chi connectivity index (χ0v) is 10.1. The molecule has 4 nitrogen and oxygen atoms in total. The maximum absolute atomic E-state index is 10.9. The fourth-order valence-corrected chi connectivity index (χ4v) is 2.83. The van der Waals surface area contributed by atoms with Crippen LogP contribution in [0.1, 0.15) is 33.1 Å². The van der Waals surface area contributed by atoms with Gasteiger partial charge >= 0.3 is 5.97 Å². The first-order valence-electron chi connectivity index (χ1n) is 6.09. The number of likely N-dealkylation sites (tertiary alicyclic amines) is 1. The van der Waals surface area contributed by atoms with Gasteiger partial charge in [-0.15, -0.1) is 0 Å². The molecule has 2 heterocycles. The van der Waals surface area contributed by atoms with Crippen LogP contribution in [0, 0.1) is 5.92 Å². The molecule has 0 aliphatic carbocycles. The highest BCUT2D eigenvalue weighted by molar-refractivity contribution is 5.70. The molecule has 0 aromatic heterocycles. The minimum Gasteiger partial charge on any atom is -0.481 e. The highest BCUT2D eigenvalue weighted by Crippen LogP contribution is 2.30. The van der Waals surface area contributed by atoms with Crippen LogP contribution in [0.15, 0.2) is 0 Å². The summed E-state index contributed by atoms with van der Waals surface area (Å²) in [6, 6.07) is 0.507. The number of carbonyl (C=O) groups is 1. The predicted molar refractivity (Wildman–Crippen MR) is 60.4 cm³/mol. The van der Waals surface area contributed by atoms with Gasteiger partial charge in [0, 0.05) is 19.2 Å². The van der Waals surface area contributed by atoms with Gasteiger partial charge in [-0.05, 0) is 39.7 Å². The van der Waals surface area contributed by atoms with Gasteiger partial charge < -0.3 is 9.84 Å². The Labute approximate surface area is 96.6 Å². The minimum absolute atomic E-state index is 0.0514. The molecule has 2 atom stereocenters. The van der Waals surface area contributed by atoms with Crippen molar-refractivity contribution in [2.75, 3.05) is 19.7 Å². The highest BCUT2D eigenvalue weighted by atomic mass is 16.5. The molecule has 0 aromatic carbocycles. The Morgan fingerprint density at radius 1 is 1.44 bits per heavy atom. The third-order valence-electron chi connectivity index (χ3n) is 3.76. The third kappa shape index (κ3) is 2.55. The molecule has 0 aromatic rings. The van der Waals surface area contributed by atoms with E-state index in [2.05, 4.69) is 18.7 Å². The summed E-state index contributed by atoms with van der Waals surface area (Å²) in [6.07, 6.45) is 2.85. The molecule has 0 radical (unpaired) electrons. The molecule has 0 amide bonds. The van der Waals surface area contributed by atoms with Crippen LogP contribution in [-0.4, -0.2) is 47.3 Å². The number of hydrogen-bond acceptors (Lipinski definition) is 3. The number of carboxylic acids is 1. The summed E-state index contributed by atoms with van der Waals surface area (Å²) in [5.41, 5.74) is -0.0514. The monoisotopic (exact) mass is 227 g/mol. The van der Waals surface area contributed by atoms with Gasteiger partial charge in [-0.2, -0.15) is 0 Å². The van der Waals surface area contributed by atoms with Crippen molar-refractivity contribution in [1.82, 2.24) is 4.90 Å². The zero-order valence-electron chi connectivity index (χ0n) is 10.1. The van der Waals surface area contributed by atoms with Crippen LogP contribution < -0.4 is 0 Å². The van der Waals surface area contributed by atoms with Gasteiger partial charge in [0.05, 0.1) is 11.5 Å². The fraction of sp³-hybridized carbons (Fsp3) is 0.917. The van der Waals surface area contributed by atoms with E-state index in [0.29, 0.717) is 6.04 Å². The summed E-state index contributed by atoms with van der Waals surface area (Å²) < 4.78 is 5.69. The van der Waals surface area contributed by atoms with Crippen LogP contribution in [0.3, 0.4) is 0 Å². The molecule has 2 fully saturated rings. The van der Waals surface area contributed by atoms with Gasteiger partial charge in [0.2, 0.25) is 0 Å². The van der Waals surface area contributed by atoms with Crippen molar-refractivity contribution in [3.63, 3.8) is 0 Å². The molecule has 2 aliphatic rings. The molecular formula is C12H21NO3. The summed E-state index contributed by atoms with van der Waals surface area (Å²) in [4.78, 5) is 13.2. The topological polar surface area (TPSA) is 49.8 Å². The smallest absolute Gasteiger partial charge is 0.307 e. The minimum atomic E-state index is -0.645. The van der Waals surface area contributed by atoms with Crippen molar-refractivity contribution >= 4 is 5.97 Å². The molecule has 2 unspecified atom stereocenters. The molecule has 4 heteroatoms. The largest absolute Gasteiger partial charge is 0.481 e. The third-order valence-corrected chi connectivity index (χ3v) is 3.76. The van der Waals surface area contributed by atoms with Gasteiger partial charge in [0.1, 0.15) is 0 Å². The first-order chi connectivity index (χ1) is 7.48. The van der Waals surface area contributed by atoms with Gasteiger partial charge in [-0.1, -0.05) is 0 Å². The molecule has 16 heavy (non-hydrogen) atoms. The van der Waals surface area contributed by atoms with Crippen LogP contribution in [0.4, 0.5) is 0 Å². The molecule has 0 saturated carbocycles. The molecule has 2 aliphatic heterocycles. The van der Waals surface area contributed by atoms with Gasteiger partial charge in [-0.3, -0.25) is 9.69 Å². The number of rotatable bonds is 2. The average Bonchev–Trinajstić information content (AvgIpc) is 2.64. The Hall–Kier alpha value is -0.610. The zero-order chi connectivity index (χ0) is 11.8. The van der Waals surface area contributed by atoms with E-state index in [1.807, 2.05) is 0 Å². The van der Waals surface area contributed by atoms with Crippen molar-refractivity contribution in [1.29, 1.82) is 0 Å².